The quantitative estimate of drug-likeness (QED) is 0.734. The minimum atomic E-state index is -0.782. The van der Waals surface area contributed by atoms with Crippen molar-refractivity contribution < 1.29 is 23.9 Å². The zero-order chi connectivity index (χ0) is 17.4. The summed E-state index contributed by atoms with van der Waals surface area (Å²) >= 11 is 0. The summed E-state index contributed by atoms with van der Waals surface area (Å²) in [7, 11) is 1.25. The van der Waals surface area contributed by atoms with E-state index >= 15 is 0 Å². The van der Waals surface area contributed by atoms with E-state index in [0.717, 1.165) is 0 Å². The molecule has 0 saturated carbocycles. The molecule has 0 aliphatic heterocycles. The first-order chi connectivity index (χ1) is 10.9. The molecule has 0 aliphatic carbocycles. The Bertz CT molecular complexity index is 559. The molecule has 0 unspecified atom stereocenters. The van der Waals surface area contributed by atoms with Crippen LogP contribution in [0.25, 0.3) is 0 Å². The number of ether oxygens (including phenoxy) is 2. The molecule has 0 spiro atoms. The van der Waals surface area contributed by atoms with E-state index in [1.54, 1.807) is 6.92 Å². The lowest BCUT2D eigenvalue weighted by atomic mass is 9.99. The number of esters is 2. The lowest BCUT2D eigenvalue weighted by molar-refractivity contribution is -0.147. The fourth-order valence-electron chi connectivity index (χ4n) is 1.71. The van der Waals surface area contributed by atoms with Crippen LogP contribution in [-0.2, 0) is 19.1 Å². The van der Waals surface area contributed by atoms with E-state index < -0.39 is 30.5 Å². The van der Waals surface area contributed by atoms with Crippen LogP contribution in [0.5, 0.6) is 0 Å². The molecule has 8 nitrogen and oxygen atoms in total. The number of hydrogen-bond acceptors (Lipinski definition) is 7. The summed E-state index contributed by atoms with van der Waals surface area (Å²) in [6.07, 6.45) is 3.37. The molecule has 2 atom stereocenters. The van der Waals surface area contributed by atoms with E-state index in [2.05, 4.69) is 20.0 Å². The summed E-state index contributed by atoms with van der Waals surface area (Å²) in [6, 6.07) is -0.782. The predicted octanol–water partition coefficient (Wildman–Crippen LogP) is 0.646. The van der Waals surface area contributed by atoms with Crippen molar-refractivity contribution in [2.45, 2.75) is 33.2 Å². The van der Waals surface area contributed by atoms with Gasteiger partial charge in [-0.15, -0.1) is 0 Å². The molecule has 1 amide bonds. The molecule has 1 aromatic heterocycles. The van der Waals surface area contributed by atoms with Crippen LogP contribution in [0.2, 0.25) is 0 Å². The Kier molecular flexibility index (Phi) is 7.11. The van der Waals surface area contributed by atoms with Crippen molar-refractivity contribution in [2.75, 3.05) is 13.7 Å². The first-order valence-corrected chi connectivity index (χ1v) is 7.22. The zero-order valence-corrected chi connectivity index (χ0v) is 13.7. The van der Waals surface area contributed by atoms with Crippen LogP contribution in [0, 0.1) is 12.8 Å². The first kappa shape index (κ1) is 18.5. The van der Waals surface area contributed by atoms with E-state index in [9.17, 15) is 14.4 Å². The van der Waals surface area contributed by atoms with Crippen LogP contribution in [0.15, 0.2) is 12.4 Å². The molecule has 0 saturated heterocycles. The fraction of sp³-hybridized carbons (Fsp3) is 0.533. The van der Waals surface area contributed by atoms with Crippen molar-refractivity contribution >= 4 is 17.8 Å². The van der Waals surface area contributed by atoms with Crippen LogP contribution in [-0.4, -0.2) is 47.6 Å². The third kappa shape index (κ3) is 5.65. The number of aryl methyl sites for hydroxylation is 1. The summed E-state index contributed by atoms with van der Waals surface area (Å²) < 4.78 is 9.51. The molecule has 1 rings (SSSR count). The smallest absolute Gasteiger partial charge is 0.359 e. The molecule has 8 heteroatoms. The highest BCUT2D eigenvalue weighted by Gasteiger charge is 2.27. The van der Waals surface area contributed by atoms with Crippen molar-refractivity contribution in [3.63, 3.8) is 0 Å². The average molecular weight is 323 g/mol. The predicted molar refractivity (Wildman–Crippen MR) is 80.5 cm³/mol. The highest BCUT2D eigenvalue weighted by atomic mass is 16.5. The molecule has 0 aromatic carbocycles. The minimum Gasteiger partial charge on any atom is -0.467 e. The molecule has 126 valence electrons. The van der Waals surface area contributed by atoms with Gasteiger partial charge in [0, 0.05) is 6.20 Å². The molecular weight excluding hydrogens is 302 g/mol. The standard InChI is InChI=1S/C15H21N3O5/c1-5-9(2)13(15(21)22-4)18-12(19)8-23-14(20)11-7-16-10(3)6-17-11/h6-7,9,13H,5,8H2,1-4H3,(H,18,19)/t9-,13+/m1/s1. The third-order valence-corrected chi connectivity index (χ3v) is 3.31. The summed E-state index contributed by atoms with van der Waals surface area (Å²) in [5.41, 5.74) is 0.670. The largest absolute Gasteiger partial charge is 0.467 e. The van der Waals surface area contributed by atoms with Crippen molar-refractivity contribution in [3.05, 3.63) is 23.8 Å². The number of nitrogens with zero attached hydrogens (tertiary/aromatic N) is 2. The Balaban J connectivity index is 2.56. The number of hydrogen-bond donors (Lipinski definition) is 1. The number of nitrogens with one attached hydrogen (secondary N) is 1. The number of methoxy groups -OCH3 is 1. The SMILES string of the molecule is CC[C@@H](C)[C@H](NC(=O)COC(=O)c1cnc(C)cn1)C(=O)OC. The minimum absolute atomic E-state index is 0.00911. The van der Waals surface area contributed by atoms with E-state index in [1.165, 1.54) is 19.5 Å². The van der Waals surface area contributed by atoms with Crippen molar-refractivity contribution in [2.24, 2.45) is 5.92 Å². The molecule has 0 aliphatic rings. The summed E-state index contributed by atoms with van der Waals surface area (Å²) in [6.45, 7) is 4.92. The normalized spacial score (nSPS) is 12.9. The summed E-state index contributed by atoms with van der Waals surface area (Å²) in [5.74, 6) is -1.99. The maximum absolute atomic E-state index is 11.9. The van der Waals surface area contributed by atoms with Crippen molar-refractivity contribution in [1.82, 2.24) is 15.3 Å². The van der Waals surface area contributed by atoms with Gasteiger partial charge in [-0.3, -0.25) is 9.78 Å². The average Bonchev–Trinajstić information content (AvgIpc) is 2.56. The molecule has 23 heavy (non-hydrogen) atoms. The molecule has 1 aromatic rings. The van der Waals surface area contributed by atoms with E-state index in [4.69, 9.17) is 4.74 Å². The highest BCUT2D eigenvalue weighted by Crippen LogP contribution is 2.09. The molecule has 1 heterocycles. The zero-order valence-electron chi connectivity index (χ0n) is 13.7. The number of aromatic nitrogens is 2. The van der Waals surface area contributed by atoms with Gasteiger partial charge in [0.1, 0.15) is 6.04 Å². The Hall–Kier alpha value is -2.51. The second-order valence-corrected chi connectivity index (χ2v) is 5.07. The van der Waals surface area contributed by atoms with Gasteiger partial charge in [-0.1, -0.05) is 20.3 Å². The highest BCUT2D eigenvalue weighted by molar-refractivity contribution is 5.90. The monoisotopic (exact) mass is 323 g/mol. The van der Waals surface area contributed by atoms with Gasteiger partial charge in [0.15, 0.2) is 12.3 Å². The summed E-state index contributed by atoms with van der Waals surface area (Å²) in [4.78, 5) is 43.0. The van der Waals surface area contributed by atoms with Crippen LogP contribution < -0.4 is 5.32 Å². The number of amides is 1. The molecular formula is C15H21N3O5. The number of rotatable bonds is 7. The lowest BCUT2D eigenvalue weighted by Gasteiger charge is -2.21. The Labute approximate surface area is 134 Å². The van der Waals surface area contributed by atoms with Crippen LogP contribution in [0.3, 0.4) is 0 Å². The molecule has 0 bridgehead atoms. The molecule has 1 N–H and O–H groups in total. The second kappa shape index (κ2) is 8.82. The van der Waals surface area contributed by atoms with Gasteiger partial charge < -0.3 is 14.8 Å². The van der Waals surface area contributed by atoms with Crippen LogP contribution in [0.4, 0.5) is 0 Å². The van der Waals surface area contributed by atoms with Crippen molar-refractivity contribution in [1.29, 1.82) is 0 Å². The Morgan fingerprint density at radius 2 is 1.96 bits per heavy atom. The van der Waals surface area contributed by atoms with E-state index in [1.807, 2.05) is 13.8 Å². The lowest BCUT2D eigenvalue weighted by Crippen LogP contribution is -2.47. The third-order valence-electron chi connectivity index (χ3n) is 3.31. The van der Waals surface area contributed by atoms with Gasteiger partial charge in [-0.2, -0.15) is 0 Å². The van der Waals surface area contributed by atoms with Gasteiger partial charge in [-0.05, 0) is 12.8 Å². The number of carbonyl (C=O) groups is 3. The number of carbonyl (C=O) groups excluding carboxylic acids is 3. The molecule has 0 radical (unpaired) electrons. The van der Waals surface area contributed by atoms with Crippen molar-refractivity contribution in [3.8, 4) is 0 Å². The maximum Gasteiger partial charge on any atom is 0.359 e. The second-order valence-electron chi connectivity index (χ2n) is 5.07. The Morgan fingerprint density at radius 3 is 2.48 bits per heavy atom. The van der Waals surface area contributed by atoms with Gasteiger partial charge in [0.05, 0.1) is 19.0 Å². The molecule has 0 fully saturated rings. The van der Waals surface area contributed by atoms with Gasteiger partial charge in [-0.25, -0.2) is 14.6 Å². The maximum atomic E-state index is 11.9. The van der Waals surface area contributed by atoms with Gasteiger partial charge >= 0.3 is 11.9 Å². The summed E-state index contributed by atoms with van der Waals surface area (Å²) in [5, 5.41) is 2.51. The van der Waals surface area contributed by atoms with Gasteiger partial charge in [0.25, 0.3) is 5.91 Å². The Morgan fingerprint density at radius 1 is 1.26 bits per heavy atom. The van der Waals surface area contributed by atoms with Gasteiger partial charge in [0.2, 0.25) is 0 Å². The first-order valence-electron chi connectivity index (χ1n) is 7.22. The van der Waals surface area contributed by atoms with Crippen LogP contribution in [0.1, 0.15) is 36.5 Å². The van der Waals surface area contributed by atoms with E-state index in [0.29, 0.717) is 12.1 Å². The van der Waals surface area contributed by atoms with E-state index in [-0.39, 0.29) is 11.6 Å². The fourth-order valence-corrected chi connectivity index (χ4v) is 1.71. The van der Waals surface area contributed by atoms with Crippen LogP contribution >= 0.6 is 0 Å². The topological polar surface area (TPSA) is 107 Å².